The number of rotatable bonds is 5. The second-order valence-electron chi connectivity index (χ2n) is 8.47. The van der Waals surface area contributed by atoms with Gasteiger partial charge in [-0.05, 0) is 48.6 Å². The summed E-state index contributed by atoms with van der Waals surface area (Å²) in [5.41, 5.74) is 5.21. The largest absolute Gasteiger partial charge is 0.489 e. The number of aromatic nitrogens is 1. The average Bonchev–Trinajstić information content (AvgIpc) is 3.18. The third-order valence-corrected chi connectivity index (χ3v) is 6.69. The van der Waals surface area contributed by atoms with E-state index in [2.05, 4.69) is 51.6 Å². The Morgan fingerprint density at radius 1 is 1.10 bits per heavy atom. The van der Waals surface area contributed by atoms with Crippen LogP contribution in [0.4, 0.5) is 0 Å². The normalized spacial score (nSPS) is 18.2. The van der Waals surface area contributed by atoms with Crippen molar-refractivity contribution in [3.05, 3.63) is 65.4 Å². The second kappa shape index (κ2) is 8.14. The smallest absolute Gasteiger partial charge is 0.120 e. The summed E-state index contributed by atoms with van der Waals surface area (Å²) in [5.74, 6) is 0.923. The van der Waals surface area contributed by atoms with Crippen LogP contribution >= 0.6 is 0 Å². The molecule has 5 rings (SSSR count). The summed E-state index contributed by atoms with van der Waals surface area (Å²) < 4.78 is 6.09. The van der Waals surface area contributed by atoms with Gasteiger partial charge < -0.3 is 19.9 Å². The van der Waals surface area contributed by atoms with Crippen LogP contribution in [0.1, 0.15) is 36.1 Å². The number of hydrogen-bond acceptors (Lipinski definition) is 4. The maximum absolute atomic E-state index is 8.87. The van der Waals surface area contributed by atoms with Crippen LogP contribution < -0.4 is 10.1 Å². The van der Waals surface area contributed by atoms with E-state index in [-0.39, 0.29) is 5.54 Å². The van der Waals surface area contributed by atoms with Gasteiger partial charge in [-0.15, -0.1) is 0 Å². The molecule has 3 heterocycles. The van der Waals surface area contributed by atoms with Crippen LogP contribution in [-0.4, -0.2) is 36.1 Å². The predicted molar refractivity (Wildman–Crippen MR) is 118 cm³/mol. The Balaban J connectivity index is 1.38. The van der Waals surface area contributed by atoms with Crippen molar-refractivity contribution >= 4 is 10.9 Å². The van der Waals surface area contributed by atoms with Crippen molar-refractivity contribution < 1.29 is 4.74 Å². The summed E-state index contributed by atoms with van der Waals surface area (Å²) in [7, 11) is 0. The molecular weight excluding hydrogens is 372 g/mol. The van der Waals surface area contributed by atoms with Gasteiger partial charge in [0.25, 0.3) is 0 Å². The number of hydrogen-bond donors (Lipinski definition) is 2. The summed E-state index contributed by atoms with van der Waals surface area (Å²) in [5, 5.41) is 14.0. The lowest BCUT2D eigenvalue weighted by atomic mass is 9.79. The van der Waals surface area contributed by atoms with E-state index in [0.717, 1.165) is 51.2 Å². The zero-order chi connectivity index (χ0) is 20.4. The van der Waals surface area contributed by atoms with Crippen LogP contribution in [0.15, 0.2) is 48.5 Å². The highest BCUT2D eigenvalue weighted by atomic mass is 16.5. The van der Waals surface area contributed by atoms with E-state index in [0.29, 0.717) is 13.0 Å². The molecule has 0 radical (unpaired) electrons. The van der Waals surface area contributed by atoms with Crippen molar-refractivity contribution in [3.8, 4) is 11.8 Å². The highest BCUT2D eigenvalue weighted by Crippen LogP contribution is 2.40. The Bertz CT molecular complexity index is 1060. The van der Waals surface area contributed by atoms with Crippen molar-refractivity contribution in [1.82, 2.24) is 15.2 Å². The molecular formula is C25H28N4O. The highest BCUT2D eigenvalue weighted by Gasteiger charge is 2.41. The molecule has 2 N–H and O–H groups in total. The minimum absolute atomic E-state index is 0.0286. The summed E-state index contributed by atoms with van der Waals surface area (Å²) in [6.07, 6.45) is 3.81. The van der Waals surface area contributed by atoms with E-state index in [4.69, 9.17) is 10.00 Å². The molecule has 5 nitrogen and oxygen atoms in total. The SMILES string of the molecule is N#CCCN1CCC2(CC1)NCCc1c2[nH]c2ccc(OCc3ccccc3)cc12. The average molecular weight is 401 g/mol. The van der Waals surface area contributed by atoms with Gasteiger partial charge in [0.1, 0.15) is 12.4 Å². The first-order chi connectivity index (χ1) is 14.8. The Kier molecular flexibility index (Phi) is 5.20. The zero-order valence-electron chi connectivity index (χ0n) is 17.3. The van der Waals surface area contributed by atoms with Crippen molar-refractivity contribution in [2.75, 3.05) is 26.2 Å². The van der Waals surface area contributed by atoms with E-state index in [9.17, 15) is 0 Å². The minimum atomic E-state index is 0.0286. The lowest BCUT2D eigenvalue weighted by Gasteiger charge is -2.44. The van der Waals surface area contributed by atoms with Gasteiger partial charge in [-0.1, -0.05) is 30.3 Å². The molecule has 0 atom stereocenters. The molecule has 1 saturated heterocycles. The molecule has 1 fully saturated rings. The minimum Gasteiger partial charge on any atom is -0.489 e. The molecule has 5 heteroatoms. The van der Waals surface area contributed by atoms with E-state index in [1.54, 1.807) is 0 Å². The van der Waals surface area contributed by atoms with Crippen LogP contribution in [0.2, 0.25) is 0 Å². The second-order valence-corrected chi connectivity index (χ2v) is 8.47. The molecule has 3 aromatic rings. The predicted octanol–water partition coefficient (Wildman–Crippen LogP) is 4.10. The third-order valence-electron chi connectivity index (χ3n) is 6.69. The van der Waals surface area contributed by atoms with Gasteiger partial charge in [0, 0.05) is 49.2 Å². The molecule has 0 bridgehead atoms. The number of aromatic amines is 1. The first-order valence-corrected chi connectivity index (χ1v) is 10.9. The fourth-order valence-electron chi connectivity index (χ4n) is 5.03. The summed E-state index contributed by atoms with van der Waals surface area (Å²) >= 11 is 0. The van der Waals surface area contributed by atoms with Crippen LogP contribution in [-0.2, 0) is 18.6 Å². The Labute approximate surface area is 177 Å². The van der Waals surface area contributed by atoms with Crippen molar-refractivity contribution in [3.63, 3.8) is 0 Å². The van der Waals surface area contributed by atoms with Crippen molar-refractivity contribution in [1.29, 1.82) is 5.26 Å². The Morgan fingerprint density at radius 3 is 2.73 bits per heavy atom. The number of benzene rings is 2. The molecule has 0 unspecified atom stereocenters. The first-order valence-electron chi connectivity index (χ1n) is 10.9. The maximum atomic E-state index is 8.87. The fourth-order valence-corrected chi connectivity index (χ4v) is 5.03. The third kappa shape index (κ3) is 3.58. The van der Waals surface area contributed by atoms with Gasteiger partial charge >= 0.3 is 0 Å². The van der Waals surface area contributed by atoms with Gasteiger partial charge in [-0.25, -0.2) is 0 Å². The summed E-state index contributed by atoms with van der Waals surface area (Å²) in [4.78, 5) is 6.17. The molecule has 0 saturated carbocycles. The quantitative estimate of drug-likeness (QED) is 0.677. The number of nitrogens with one attached hydrogen (secondary N) is 2. The number of H-pyrrole nitrogens is 1. The number of nitriles is 1. The molecule has 0 aliphatic carbocycles. The number of ether oxygens (including phenoxy) is 1. The van der Waals surface area contributed by atoms with E-state index in [1.807, 2.05) is 18.2 Å². The Morgan fingerprint density at radius 2 is 1.93 bits per heavy atom. The number of piperidine rings is 1. The van der Waals surface area contributed by atoms with Crippen molar-refractivity contribution in [2.45, 2.75) is 37.8 Å². The number of fused-ring (bicyclic) bond motifs is 4. The van der Waals surface area contributed by atoms with Gasteiger partial charge in [0.05, 0.1) is 11.6 Å². The van der Waals surface area contributed by atoms with E-state index >= 15 is 0 Å². The van der Waals surface area contributed by atoms with E-state index in [1.165, 1.54) is 27.7 Å². The topological polar surface area (TPSA) is 64.1 Å². The molecule has 1 spiro atoms. The van der Waals surface area contributed by atoms with Gasteiger partial charge in [0.15, 0.2) is 0 Å². The molecule has 2 aliphatic rings. The summed E-state index contributed by atoms with van der Waals surface area (Å²) in [6.45, 7) is 4.55. The standard InChI is InChI=1S/C25H28N4O/c26-12-4-14-29-15-10-25(11-16-29)24-21(9-13-27-25)22-17-20(7-8-23(22)28-24)30-18-19-5-2-1-3-6-19/h1-3,5-8,17,27-28H,4,9-11,13-16,18H2. The zero-order valence-corrected chi connectivity index (χ0v) is 17.3. The van der Waals surface area contributed by atoms with Gasteiger partial charge in [0.2, 0.25) is 0 Å². The molecule has 0 amide bonds. The molecule has 1 aromatic heterocycles. The number of likely N-dealkylation sites (tertiary alicyclic amines) is 1. The van der Waals surface area contributed by atoms with Gasteiger partial charge in [-0.2, -0.15) is 5.26 Å². The highest BCUT2D eigenvalue weighted by molar-refractivity contribution is 5.86. The fraction of sp³-hybridized carbons (Fsp3) is 0.400. The lowest BCUT2D eigenvalue weighted by molar-refractivity contribution is 0.128. The van der Waals surface area contributed by atoms with Gasteiger partial charge in [-0.3, -0.25) is 0 Å². The molecule has 2 aliphatic heterocycles. The Hall–Kier alpha value is -2.81. The van der Waals surface area contributed by atoms with Crippen molar-refractivity contribution in [2.24, 2.45) is 0 Å². The molecule has 30 heavy (non-hydrogen) atoms. The van der Waals surface area contributed by atoms with Crippen LogP contribution in [0.5, 0.6) is 5.75 Å². The van der Waals surface area contributed by atoms with Crippen LogP contribution in [0, 0.1) is 11.3 Å². The van der Waals surface area contributed by atoms with E-state index < -0.39 is 0 Å². The van der Waals surface area contributed by atoms with Crippen LogP contribution in [0.25, 0.3) is 10.9 Å². The molecule has 154 valence electrons. The monoisotopic (exact) mass is 400 g/mol. The first kappa shape index (κ1) is 19.2. The van der Waals surface area contributed by atoms with Crippen LogP contribution in [0.3, 0.4) is 0 Å². The maximum Gasteiger partial charge on any atom is 0.120 e. The number of nitrogens with zero attached hydrogens (tertiary/aromatic N) is 2. The lowest BCUT2D eigenvalue weighted by Crippen LogP contribution is -2.54. The molecule has 2 aromatic carbocycles. The summed E-state index contributed by atoms with van der Waals surface area (Å²) in [6, 6.07) is 19.0.